The van der Waals surface area contributed by atoms with Crippen molar-refractivity contribution in [2.45, 2.75) is 0 Å². The zero-order valence-electron chi connectivity index (χ0n) is 3.36. The summed E-state index contributed by atoms with van der Waals surface area (Å²) in [5.41, 5.74) is 0. The van der Waals surface area contributed by atoms with Crippen LogP contribution < -0.4 is 0 Å². The predicted molar refractivity (Wildman–Crippen MR) is 11.8 cm³/mol. The third-order valence-corrected chi connectivity index (χ3v) is 0. The van der Waals surface area contributed by atoms with Crippen molar-refractivity contribution in [3.05, 3.63) is 0 Å². The van der Waals surface area contributed by atoms with Crippen LogP contribution in [0.15, 0.2) is 0 Å². The standard InChI is InChI=1S/H2O4S.2O.U/c1-5(2,3)4;;;/h(H2,1,2,3,4);;;/q;2*-2;+6/p-2. The van der Waals surface area contributed by atoms with E-state index in [9.17, 15) is 0 Å². The Bertz CT molecular complexity index is 91.7. The molecule has 0 aromatic heterocycles. The van der Waals surface area contributed by atoms with E-state index in [1.807, 2.05) is 0 Å². The monoisotopic (exact) mass is 366 g/mol. The van der Waals surface area contributed by atoms with Gasteiger partial charge in [0.15, 0.2) is 0 Å². The quantitative estimate of drug-likeness (QED) is 0.377. The predicted octanol–water partition coefficient (Wildman–Crippen LogP) is -1.58. The van der Waals surface area contributed by atoms with Crippen molar-refractivity contribution in [1.82, 2.24) is 0 Å². The van der Waals surface area contributed by atoms with Gasteiger partial charge in [0, 0.05) is 10.4 Å². The second kappa shape index (κ2) is 7.84. The van der Waals surface area contributed by atoms with Crippen LogP contribution in [0.1, 0.15) is 0 Å². The van der Waals surface area contributed by atoms with E-state index >= 15 is 0 Å². The van der Waals surface area contributed by atoms with E-state index in [1.54, 1.807) is 0 Å². The third kappa shape index (κ3) is 329. The molecule has 8 heteroatoms. The Labute approximate surface area is 69.8 Å². The normalized spacial score (nSPS) is 7.25. The molecular weight excluding hydrogens is 366 g/mol. The second-order valence-corrected chi connectivity index (χ2v) is 1.22. The molecule has 0 radical (unpaired) electrons. The van der Waals surface area contributed by atoms with Gasteiger partial charge in [-0.1, -0.05) is 0 Å². The third-order valence-electron chi connectivity index (χ3n) is 0. The Morgan fingerprint density at radius 1 is 1.00 bits per heavy atom. The maximum Gasteiger partial charge on any atom is 6.00 e. The maximum atomic E-state index is 8.52. The molecule has 0 fully saturated rings. The van der Waals surface area contributed by atoms with Crippen LogP contribution in [0.4, 0.5) is 0 Å². The molecule has 0 aromatic carbocycles. The first-order chi connectivity index (χ1) is 2.00. The molecule has 0 bridgehead atoms. The van der Waals surface area contributed by atoms with E-state index in [0.29, 0.717) is 0 Å². The molecule has 46 valence electrons. The first kappa shape index (κ1) is 23.2. The molecule has 0 atom stereocenters. The van der Waals surface area contributed by atoms with Gasteiger partial charge in [-0.2, -0.15) is 0 Å². The maximum absolute atomic E-state index is 8.52. The minimum absolute atomic E-state index is 0. The van der Waals surface area contributed by atoms with Crippen LogP contribution in [-0.4, -0.2) is 17.5 Å². The van der Waals surface area contributed by atoms with Crippen molar-refractivity contribution < 1.29 is 59.6 Å². The van der Waals surface area contributed by atoms with Gasteiger partial charge in [0.25, 0.3) is 0 Å². The Kier molecular flexibility index (Phi) is 22.7. The van der Waals surface area contributed by atoms with Crippen LogP contribution >= 0.6 is 0 Å². The van der Waals surface area contributed by atoms with Crippen LogP contribution in [0.25, 0.3) is 0 Å². The summed E-state index contributed by atoms with van der Waals surface area (Å²) < 4.78 is 34.1. The topological polar surface area (TPSA) is 137 Å². The van der Waals surface area contributed by atoms with Gasteiger partial charge in [-0.15, -0.1) is 0 Å². The molecule has 6 nitrogen and oxygen atoms in total. The molecule has 0 aliphatic carbocycles. The molecule has 0 aromatic rings. The summed E-state index contributed by atoms with van der Waals surface area (Å²) in [4.78, 5) is 0. The second-order valence-electron chi connectivity index (χ2n) is 0.408. The van der Waals surface area contributed by atoms with Gasteiger partial charge in [0.05, 0.1) is 0 Å². The molecule has 0 N–H and O–H groups in total. The summed E-state index contributed by atoms with van der Waals surface area (Å²) in [6.45, 7) is 0. The van der Waals surface area contributed by atoms with Crippen molar-refractivity contribution in [3.63, 3.8) is 0 Å². The molecule has 0 aliphatic heterocycles. The van der Waals surface area contributed by atoms with E-state index in [-0.39, 0.29) is 42.1 Å². The van der Waals surface area contributed by atoms with Crippen molar-refractivity contribution in [2.75, 3.05) is 0 Å². The fourth-order valence-corrected chi connectivity index (χ4v) is 0. The van der Waals surface area contributed by atoms with Crippen molar-refractivity contribution in [3.8, 4) is 0 Å². The average Bonchev–Trinajstić information content (AvgIpc) is 0.722. The van der Waals surface area contributed by atoms with Crippen LogP contribution in [0, 0.1) is 31.1 Å². The fraction of sp³-hybridized carbons (Fsp3) is 0. The molecular formula is O6SU. The van der Waals surface area contributed by atoms with Crippen LogP contribution in [0.2, 0.25) is 0 Å². The zero-order chi connectivity index (χ0) is 4.50. The van der Waals surface area contributed by atoms with Crippen molar-refractivity contribution >= 4 is 10.4 Å². The molecule has 0 amide bonds. The van der Waals surface area contributed by atoms with Crippen LogP contribution in [0.3, 0.4) is 0 Å². The van der Waals surface area contributed by atoms with Gasteiger partial charge in [-0.3, -0.25) is 8.42 Å². The summed E-state index contributed by atoms with van der Waals surface area (Å²) in [5.74, 6) is 0. The Morgan fingerprint density at radius 3 is 1.00 bits per heavy atom. The van der Waals surface area contributed by atoms with E-state index in [0.717, 1.165) is 0 Å². The summed E-state index contributed by atoms with van der Waals surface area (Å²) in [6, 6.07) is 0. The van der Waals surface area contributed by atoms with Crippen LogP contribution in [0.5, 0.6) is 0 Å². The summed E-state index contributed by atoms with van der Waals surface area (Å²) in [7, 11) is -5.17. The van der Waals surface area contributed by atoms with Gasteiger partial charge in [-0.05, 0) is 0 Å². The van der Waals surface area contributed by atoms with Crippen LogP contribution in [-0.2, 0) is 21.4 Å². The van der Waals surface area contributed by atoms with Gasteiger partial charge >= 0.3 is 31.1 Å². The molecule has 0 saturated carbocycles. The van der Waals surface area contributed by atoms with E-state index in [4.69, 9.17) is 17.5 Å². The van der Waals surface area contributed by atoms with Gasteiger partial charge in [-0.25, -0.2) is 0 Å². The Morgan fingerprint density at radius 2 is 1.00 bits per heavy atom. The number of rotatable bonds is 0. The van der Waals surface area contributed by atoms with Gasteiger partial charge in [0.1, 0.15) is 0 Å². The minimum atomic E-state index is -5.17. The van der Waals surface area contributed by atoms with E-state index in [2.05, 4.69) is 0 Å². The average molecular weight is 366 g/mol. The molecule has 0 spiro atoms. The molecule has 0 saturated heterocycles. The fourth-order valence-electron chi connectivity index (χ4n) is 0. The number of hydrogen-bond acceptors (Lipinski definition) is 4. The van der Waals surface area contributed by atoms with E-state index < -0.39 is 10.4 Å². The van der Waals surface area contributed by atoms with E-state index in [1.165, 1.54) is 0 Å². The summed E-state index contributed by atoms with van der Waals surface area (Å²) in [6.07, 6.45) is 0. The van der Waals surface area contributed by atoms with Gasteiger partial charge in [0.2, 0.25) is 0 Å². The largest absolute Gasteiger partial charge is 6.00 e. The summed E-state index contributed by atoms with van der Waals surface area (Å²) in [5, 5.41) is 0. The molecule has 0 rings (SSSR count). The first-order valence-corrected chi connectivity index (χ1v) is 2.00. The van der Waals surface area contributed by atoms with Crippen molar-refractivity contribution in [2.24, 2.45) is 0 Å². The SMILES string of the molecule is O=S(=O)([O-])[O-].[O-2].[O-2].[U+6]. The minimum Gasteiger partial charge on any atom is -2.00 e. The molecule has 0 heterocycles. The molecule has 8 heavy (non-hydrogen) atoms. The number of hydrogen-bond donors (Lipinski definition) is 0. The van der Waals surface area contributed by atoms with Gasteiger partial charge < -0.3 is 20.1 Å². The smallest absolute Gasteiger partial charge is 2.00 e. The molecule has 0 aliphatic rings. The Hall–Kier alpha value is 0.842. The zero-order valence-corrected chi connectivity index (χ0v) is 8.34. The Balaban J connectivity index is -0.0000000267. The van der Waals surface area contributed by atoms with Crippen molar-refractivity contribution in [1.29, 1.82) is 0 Å². The summed E-state index contributed by atoms with van der Waals surface area (Å²) >= 11 is 0. The first-order valence-electron chi connectivity index (χ1n) is 0.667. The molecule has 0 unspecified atom stereocenters.